The van der Waals surface area contributed by atoms with Crippen LogP contribution in [-0.2, 0) is 0 Å². The van der Waals surface area contributed by atoms with Crippen molar-refractivity contribution in [2.75, 3.05) is 10.6 Å². The quantitative estimate of drug-likeness (QED) is 0.763. The minimum atomic E-state index is -0.408. The van der Waals surface area contributed by atoms with Gasteiger partial charge in [0.15, 0.2) is 0 Å². The first-order valence-electron chi connectivity index (χ1n) is 7.31. The van der Waals surface area contributed by atoms with Gasteiger partial charge in [0.25, 0.3) is 5.91 Å². The summed E-state index contributed by atoms with van der Waals surface area (Å²) in [5, 5.41) is 14.4. The van der Waals surface area contributed by atoms with E-state index in [-0.39, 0.29) is 17.5 Å². The van der Waals surface area contributed by atoms with Gasteiger partial charge in [0.05, 0.1) is 11.6 Å². The lowest BCUT2D eigenvalue weighted by atomic mass is 10.2. The Morgan fingerprint density at radius 2 is 1.68 bits per heavy atom. The second-order valence-electron chi connectivity index (χ2n) is 5.04. The number of hydrogen-bond donors (Lipinski definition) is 2. The fraction of sp³-hybridized carbons (Fsp3) is 0. The molecule has 3 rings (SSSR count). The molecule has 0 atom stereocenters. The van der Waals surface area contributed by atoms with Crippen molar-refractivity contribution in [2.45, 2.75) is 0 Å². The molecular weight excluding hydrogens is 321 g/mol. The van der Waals surface area contributed by atoms with Gasteiger partial charge in [-0.1, -0.05) is 0 Å². The van der Waals surface area contributed by atoms with Gasteiger partial charge in [0.2, 0.25) is 5.95 Å². The maximum atomic E-state index is 12.9. The van der Waals surface area contributed by atoms with Crippen LogP contribution in [0.2, 0.25) is 0 Å². The first-order chi connectivity index (χ1) is 12.1. The zero-order chi connectivity index (χ0) is 17.6. The summed E-state index contributed by atoms with van der Waals surface area (Å²) in [6.45, 7) is 0. The number of aromatic nitrogens is 2. The summed E-state index contributed by atoms with van der Waals surface area (Å²) >= 11 is 0. The predicted molar refractivity (Wildman–Crippen MR) is 90.8 cm³/mol. The normalized spacial score (nSPS) is 9.92. The van der Waals surface area contributed by atoms with Crippen LogP contribution in [0.4, 0.5) is 21.7 Å². The largest absolute Gasteiger partial charge is 0.324 e. The molecule has 1 aromatic heterocycles. The number of anilines is 3. The van der Waals surface area contributed by atoms with Crippen LogP contribution in [0.3, 0.4) is 0 Å². The molecule has 3 aromatic rings. The number of nitrogens with one attached hydrogen (secondary N) is 2. The maximum Gasteiger partial charge on any atom is 0.274 e. The molecule has 0 saturated carbocycles. The van der Waals surface area contributed by atoms with Crippen LogP contribution in [0.1, 0.15) is 16.1 Å². The molecule has 2 aromatic carbocycles. The summed E-state index contributed by atoms with van der Waals surface area (Å²) in [4.78, 5) is 20.5. The minimum absolute atomic E-state index is 0.170. The van der Waals surface area contributed by atoms with Crippen LogP contribution >= 0.6 is 0 Å². The van der Waals surface area contributed by atoms with E-state index in [1.807, 2.05) is 6.07 Å². The van der Waals surface area contributed by atoms with Crippen molar-refractivity contribution in [1.29, 1.82) is 5.26 Å². The van der Waals surface area contributed by atoms with Gasteiger partial charge < -0.3 is 10.6 Å². The van der Waals surface area contributed by atoms with E-state index in [1.54, 1.807) is 36.4 Å². The van der Waals surface area contributed by atoms with E-state index in [0.29, 0.717) is 16.9 Å². The topological polar surface area (TPSA) is 90.7 Å². The number of nitrogens with zero attached hydrogens (tertiary/aromatic N) is 3. The van der Waals surface area contributed by atoms with Crippen molar-refractivity contribution < 1.29 is 9.18 Å². The number of rotatable bonds is 4. The monoisotopic (exact) mass is 333 g/mol. The second kappa shape index (κ2) is 7.19. The van der Waals surface area contributed by atoms with Crippen LogP contribution in [0.5, 0.6) is 0 Å². The van der Waals surface area contributed by atoms with E-state index in [2.05, 4.69) is 20.6 Å². The standard InChI is InChI=1S/C18H12FN5O/c19-13-3-7-15(8-4-13)23-18-21-10-9-16(24-18)17(25)22-14-5-1-12(11-20)2-6-14/h1-10H,(H,22,25)(H,21,23,24). The van der Waals surface area contributed by atoms with E-state index in [4.69, 9.17) is 5.26 Å². The van der Waals surface area contributed by atoms with Gasteiger partial charge in [-0.2, -0.15) is 5.26 Å². The van der Waals surface area contributed by atoms with Gasteiger partial charge in [-0.3, -0.25) is 4.79 Å². The summed E-state index contributed by atoms with van der Waals surface area (Å²) in [6.07, 6.45) is 1.45. The first-order valence-corrected chi connectivity index (χ1v) is 7.31. The van der Waals surface area contributed by atoms with Gasteiger partial charge in [-0.15, -0.1) is 0 Å². The second-order valence-corrected chi connectivity index (χ2v) is 5.04. The Morgan fingerprint density at radius 1 is 1.00 bits per heavy atom. The van der Waals surface area contributed by atoms with Crippen LogP contribution in [0, 0.1) is 17.1 Å². The molecule has 7 heteroatoms. The molecule has 0 bridgehead atoms. The van der Waals surface area contributed by atoms with Crippen LogP contribution in [0.25, 0.3) is 0 Å². The zero-order valence-corrected chi connectivity index (χ0v) is 12.9. The summed E-state index contributed by atoms with van der Waals surface area (Å²) in [5.41, 5.74) is 1.83. The van der Waals surface area contributed by atoms with Crippen molar-refractivity contribution in [3.63, 3.8) is 0 Å². The molecule has 6 nitrogen and oxygen atoms in total. The number of halogens is 1. The van der Waals surface area contributed by atoms with Gasteiger partial charge >= 0.3 is 0 Å². The van der Waals surface area contributed by atoms with Crippen molar-refractivity contribution in [1.82, 2.24) is 9.97 Å². The van der Waals surface area contributed by atoms with Crippen molar-refractivity contribution in [3.8, 4) is 6.07 Å². The molecule has 0 fully saturated rings. The molecule has 0 aliphatic carbocycles. The zero-order valence-electron chi connectivity index (χ0n) is 12.9. The lowest BCUT2D eigenvalue weighted by molar-refractivity contribution is 0.102. The molecule has 0 aliphatic rings. The Bertz CT molecular complexity index is 933. The fourth-order valence-corrected chi connectivity index (χ4v) is 2.03. The third-order valence-corrected chi connectivity index (χ3v) is 3.26. The average molecular weight is 333 g/mol. The lowest BCUT2D eigenvalue weighted by Gasteiger charge is -2.07. The third kappa shape index (κ3) is 4.14. The Kier molecular flexibility index (Phi) is 4.62. The highest BCUT2D eigenvalue weighted by Gasteiger charge is 2.09. The molecule has 0 spiro atoms. The summed E-state index contributed by atoms with van der Waals surface area (Å²) in [6, 6.07) is 15.7. The number of nitriles is 1. The first kappa shape index (κ1) is 16.1. The number of hydrogen-bond acceptors (Lipinski definition) is 5. The van der Waals surface area contributed by atoms with Gasteiger partial charge in [-0.25, -0.2) is 14.4 Å². The molecule has 0 unspecified atom stereocenters. The summed E-state index contributed by atoms with van der Waals surface area (Å²) in [7, 11) is 0. The lowest BCUT2D eigenvalue weighted by Crippen LogP contribution is -2.14. The predicted octanol–water partition coefficient (Wildman–Crippen LogP) is 3.48. The summed E-state index contributed by atoms with van der Waals surface area (Å²) in [5.74, 6) is -0.532. The molecule has 0 saturated heterocycles. The Morgan fingerprint density at radius 3 is 2.36 bits per heavy atom. The van der Waals surface area contributed by atoms with E-state index in [0.717, 1.165) is 0 Å². The average Bonchev–Trinajstić information content (AvgIpc) is 2.64. The molecule has 1 heterocycles. The van der Waals surface area contributed by atoms with Gasteiger partial charge in [-0.05, 0) is 54.6 Å². The van der Waals surface area contributed by atoms with Crippen molar-refractivity contribution >= 4 is 23.2 Å². The van der Waals surface area contributed by atoms with Crippen LogP contribution < -0.4 is 10.6 Å². The third-order valence-electron chi connectivity index (χ3n) is 3.26. The SMILES string of the molecule is N#Cc1ccc(NC(=O)c2ccnc(Nc3ccc(F)cc3)n2)cc1. The molecule has 2 N–H and O–H groups in total. The molecule has 0 aliphatic heterocycles. The number of carbonyl (C=O) groups excluding carboxylic acids is 1. The Labute approximate surface area is 143 Å². The molecule has 25 heavy (non-hydrogen) atoms. The highest BCUT2D eigenvalue weighted by molar-refractivity contribution is 6.03. The summed E-state index contributed by atoms with van der Waals surface area (Å²) < 4.78 is 12.9. The van der Waals surface area contributed by atoms with Gasteiger partial charge in [0.1, 0.15) is 11.5 Å². The molecule has 122 valence electrons. The maximum absolute atomic E-state index is 12.9. The molecule has 1 amide bonds. The van der Waals surface area contributed by atoms with E-state index >= 15 is 0 Å². The molecular formula is C18H12FN5O. The smallest absolute Gasteiger partial charge is 0.274 e. The Balaban J connectivity index is 1.72. The van der Waals surface area contributed by atoms with E-state index < -0.39 is 5.91 Å². The Hall–Kier alpha value is -3.79. The van der Waals surface area contributed by atoms with Crippen molar-refractivity contribution in [2.24, 2.45) is 0 Å². The number of carbonyl (C=O) groups is 1. The van der Waals surface area contributed by atoms with Crippen molar-refractivity contribution in [3.05, 3.63) is 77.9 Å². The highest BCUT2D eigenvalue weighted by atomic mass is 19.1. The highest BCUT2D eigenvalue weighted by Crippen LogP contribution is 2.14. The van der Waals surface area contributed by atoms with Gasteiger partial charge in [0, 0.05) is 17.6 Å². The van der Waals surface area contributed by atoms with Crippen LogP contribution in [-0.4, -0.2) is 15.9 Å². The number of amides is 1. The van der Waals surface area contributed by atoms with E-state index in [9.17, 15) is 9.18 Å². The fourth-order valence-electron chi connectivity index (χ4n) is 2.03. The molecule has 0 radical (unpaired) electrons. The number of benzene rings is 2. The van der Waals surface area contributed by atoms with E-state index in [1.165, 1.54) is 24.4 Å². The minimum Gasteiger partial charge on any atom is -0.324 e. The van der Waals surface area contributed by atoms with Crippen LogP contribution in [0.15, 0.2) is 60.8 Å².